The number of carbonyl (C=O) groups excluding carboxylic acids is 2. The second kappa shape index (κ2) is 10.00. The maximum atomic E-state index is 12.9. The third-order valence-corrected chi connectivity index (χ3v) is 5.06. The summed E-state index contributed by atoms with van der Waals surface area (Å²) in [5, 5.41) is 3.25. The highest BCUT2D eigenvalue weighted by molar-refractivity contribution is 6.34. The lowest BCUT2D eigenvalue weighted by atomic mass is 10.1. The summed E-state index contributed by atoms with van der Waals surface area (Å²) in [4.78, 5) is 27.2. The molecule has 0 bridgehead atoms. The summed E-state index contributed by atoms with van der Waals surface area (Å²) in [6, 6.07) is 19.1. The minimum absolute atomic E-state index is 0.177. The third-order valence-electron chi connectivity index (χ3n) is 4.74. The second-order valence-electron chi connectivity index (χ2n) is 6.85. The van der Waals surface area contributed by atoms with Gasteiger partial charge in [-0.05, 0) is 48.0 Å². The number of halogens is 1. The zero-order valence-corrected chi connectivity index (χ0v) is 18.3. The number of nitrogens with zero attached hydrogens (tertiary/aromatic N) is 1. The molecule has 1 N–H and O–H groups in total. The molecule has 0 heterocycles. The smallest absolute Gasteiger partial charge is 0.255 e. The molecule has 3 aromatic carbocycles. The van der Waals surface area contributed by atoms with Crippen LogP contribution in [0, 0.1) is 0 Å². The lowest BCUT2D eigenvalue weighted by Gasteiger charge is -2.20. The first-order valence-corrected chi connectivity index (χ1v) is 9.93. The number of para-hydroxylation sites is 1. The fourth-order valence-corrected chi connectivity index (χ4v) is 3.34. The summed E-state index contributed by atoms with van der Waals surface area (Å²) >= 11 is 6.38. The molecule has 0 atom stereocenters. The predicted octanol–water partition coefficient (Wildman–Crippen LogP) is 4.88. The molecule has 0 spiro atoms. The van der Waals surface area contributed by atoms with Crippen molar-refractivity contribution in [1.82, 2.24) is 4.90 Å². The number of ether oxygens (including phenoxy) is 2. The zero-order valence-electron chi connectivity index (χ0n) is 17.5. The molecule has 3 aromatic rings. The Hall–Kier alpha value is -3.51. The van der Waals surface area contributed by atoms with E-state index in [1.807, 2.05) is 6.07 Å². The first kappa shape index (κ1) is 22.2. The van der Waals surface area contributed by atoms with Gasteiger partial charge in [-0.1, -0.05) is 35.9 Å². The summed E-state index contributed by atoms with van der Waals surface area (Å²) in [5.41, 5.74) is 2.11. The minimum Gasteiger partial charge on any atom is -0.497 e. The largest absolute Gasteiger partial charge is 0.497 e. The van der Waals surface area contributed by atoms with Crippen LogP contribution in [0.3, 0.4) is 0 Å². The molecule has 0 unspecified atom stereocenters. The standard InChI is InChI=1S/C24H23ClN2O4/c1-27(24(29)17-8-5-11-20(14-17)31-3)15-18-9-6-12-21(25)22(18)26-23(28)16-7-4-10-19(13-16)30-2/h4-14H,15H2,1-3H3,(H,26,28). The molecular weight excluding hydrogens is 416 g/mol. The molecule has 7 heteroatoms. The topological polar surface area (TPSA) is 67.9 Å². The molecule has 0 fully saturated rings. The van der Waals surface area contributed by atoms with E-state index in [9.17, 15) is 9.59 Å². The number of hydrogen-bond acceptors (Lipinski definition) is 4. The first-order valence-electron chi connectivity index (χ1n) is 9.55. The van der Waals surface area contributed by atoms with Gasteiger partial charge in [0, 0.05) is 24.7 Å². The Morgan fingerprint density at radius 1 is 0.903 bits per heavy atom. The van der Waals surface area contributed by atoms with Crippen LogP contribution in [-0.4, -0.2) is 38.0 Å². The van der Waals surface area contributed by atoms with E-state index < -0.39 is 0 Å². The van der Waals surface area contributed by atoms with Crippen molar-refractivity contribution in [3.63, 3.8) is 0 Å². The molecule has 0 saturated carbocycles. The van der Waals surface area contributed by atoms with E-state index in [-0.39, 0.29) is 18.4 Å². The van der Waals surface area contributed by atoms with Gasteiger partial charge in [-0.3, -0.25) is 9.59 Å². The van der Waals surface area contributed by atoms with Crippen LogP contribution in [0.2, 0.25) is 5.02 Å². The Morgan fingerprint density at radius 3 is 2.13 bits per heavy atom. The third kappa shape index (κ3) is 5.35. The fourth-order valence-electron chi connectivity index (χ4n) is 3.09. The number of hydrogen-bond donors (Lipinski definition) is 1. The number of benzene rings is 3. The van der Waals surface area contributed by atoms with Gasteiger partial charge < -0.3 is 19.7 Å². The van der Waals surface area contributed by atoms with Gasteiger partial charge in [-0.2, -0.15) is 0 Å². The maximum absolute atomic E-state index is 12.9. The average molecular weight is 439 g/mol. The van der Waals surface area contributed by atoms with E-state index in [0.29, 0.717) is 38.9 Å². The highest BCUT2D eigenvalue weighted by atomic mass is 35.5. The van der Waals surface area contributed by atoms with Gasteiger partial charge in [-0.25, -0.2) is 0 Å². The molecule has 0 radical (unpaired) electrons. The van der Waals surface area contributed by atoms with Gasteiger partial charge in [0.15, 0.2) is 0 Å². The highest BCUT2D eigenvalue weighted by Gasteiger charge is 2.17. The second-order valence-corrected chi connectivity index (χ2v) is 7.26. The zero-order chi connectivity index (χ0) is 22.4. The predicted molar refractivity (Wildman–Crippen MR) is 121 cm³/mol. The van der Waals surface area contributed by atoms with E-state index in [0.717, 1.165) is 0 Å². The molecule has 31 heavy (non-hydrogen) atoms. The fraction of sp³-hybridized carbons (Fsp3) is 0.167. The summed E-state index contributed by atoms with van der Waals surface area (Å²) in [6.45, 7) is 0.254. The monoisotopic (exact) mass is 438 g/mol. The van der Waals surface area contributed by atoms with Crippen LogP contribution < -0.4 is 14.8 Å². The lowest BCUT2D eigenvalue weighted by Crippen LogP contribution is -2.27. The summed E-state index contributed by atoms with van der Waals surface area (Å²) in [6.07, 6.45) is 0. The minimum atomic E-state index is -0.324. The summed E-state index contributed by atoms with van der Waals surface area (Å²) < 4.78 is 10.4. The number of carbonyl (C=O) groups is 2. The molecule has 0 aromatic heterocycles. The van der Waals surface area contributed by atoms with Crippen molar-refractivity contribution in [2.75, 3.05) is 26.6 Å². The highest BCUT2D eigenvalue weighted by Crippen LogP contribution is 2.28. The quantitative estimate of drug-likeness (QED) is 0.570. The van der Waals surface area contributed by atoms with Gasteiger partial charge in [0.1, 0.15) is 11.5 Å². The lowest BCUT2D eigenvalue weighted by molar-refractivity contribution is 0.0785. The Balaban J connectivity index is 1.81. The molecular formula is C24H23ClN2O4. The van der Waals surface area contributed by atoms with Gasteiger partial charge in [-0.15, -0.1) is 0 Å². The molecule has 160 valence electrons. The van der Waals surface area contributed by atoms with Crippen LogP contribution in [0.5, 0.6) is 11.5 Å². The molecule has 0 aliphatic heterocycles. The van der Waals surface area contributed by atoms with E-state index in [2.05, 4.69) is 5.32 Å². The van der Waals surface area contributed by atoms with Crippen molar-refractivity contribution >= 4 is 29.1 Å². The molecule has 2 amide bonds. The van der Waals surface area contributed by atoms with Gasteiger partial charge in [0.05, 0.1) is 24.9 Å². The Morgan fingerprint density at radius 2 is 1.48 bits per heavy atom. The number of amides is 2. The molecule has 0 aliphatic carbocycles. The SMILES string of the molecule is COc1cccc(C(=O)Nc2c(Cl)cccc2CN(C)C(=O)c2cccc(OC)c2)c1. The van der Waals surface area contributed by atoms with E-state index in [1.165, 1.54) is 0 Å². The molecule has 3 rings (SSSR count). The number of anilines is 1. The normalized spacial score (nSPS) is 10.3. The van der Waals surface area contributed by atoms with Gasteiger partial charge in [0.2, 0.25) is 0 Å². The van der Waals surface area contributed by atoms with Crippen LogP contribution in [0.1, 0.15) is 26.3 Å². The van der Waals surface area contributed by atoms with Crippen molar-refractivity contribution in [3.8, 4) is 11.5 Å². The van der Waals surface area contributed by atoms with Crippen LogP contribution in [0.25, 0.3) is 0 Å². The van der Waals surface area contributed by atoms with Crippen molar-refractivity contribution in [2.24, 2.45) is 0 Å². The Labute approximate surface area is 186 Å². The number of nitrogens with one attached hydrogen (secondary N) is 1. The Kier molecular flexibility index (Phi) is 7.15. The number of methoxy groups -OCH3 is 2. The van der Waals surface area contributed by atoms with Crippen molar-refractivity contribution in [1.29, 1.82) is 0 Å². The molecule has 0 saturated heterocycles. The van der Waals surface area contributed by atoms with Crippen LogP contribution in [0.4, 0.5) is 5.69 Å². The van der Waals surface area contributed by atoms with Crippen molar-refractivity contribution < 1.29 is 19.1 Å². The van der Waals surface area contributed by atoms with Gasteiger partial charge >= 0.3 is 0 Å². The maximum Gasteiger partial charge on any atom is 0.255 e. The van der Waals surface area contributed by atoms with Crippen LogP contribution in [0.15, 0.2) is 66.7 Å². The van der Waals surface area contributed by atoms with E-state index in [4.69, 9.17) is 21.1 Å². The van der Waals surface area contributed by atoms with Crippen molar-refractivity contribution in [3.05, 3.63) is 88.4 Å². The number of rotatable bonds is 7. The first-order chi connectivity index (χ1) is 14.9. The average Bonchev–Trinajstić information content (AvgIpc) is 2.80. The summed E-state index contributed by atoms with van der Waals surface area (Å²) in [5.74, 6) is 0.683. The van der Waals surface area contributed by atoms with Crippen LogP contribution >= 0.6 is 11.6 Å². The molecule has 0 aliphatic rings. The van der Waals surface area contributed by atoms with E-state index in [1.54, 1.807) is 86.8 Å². The Bertz CT molecular complexity index is 1100. The summed E-state index contributed by atoms with van der Waals surface area (Å²) in [7, 11) is 4.78. The van der Waals surface area contributed by atoms with Gasteiger partial charge in [0.25, 0.3) is 11.8 Å². The molecule has 6 nitrogen and oxygen atoms in total. The van der Waals surface area contributed by atoms with Crippen molar-refractivity contribution in [2.45, 2.75) is 6.54 Å². The van der Waals surface area contributed by atoms with E-state index >= 15 is 0 Å². The van der Waals surface area contributed by atoms with Crippen LogP contribution in [-0.2, 0) is 6.54 Å².